The average Bonchev–Trinajstić information content (AvgIpc) is 2.91. The Morgan fingerprint density at radius 3 is 2.56 bits per heavy atom. The predicted octanol–water partition coefficient (Wildman–Crippen LogP) is 4.39. The summed E-state index contributed by atoms with van der Waals surface area (Å²) in [6.07, 6.45) is 3.08. The number of nitrogens with one attached hydrogen (secondary N) is 1. The molecule has 1 aromatic heterocycles. The van der Waals surface area contributed by atoms with E-state index in [-0.39, 0.29) is 5.78 Å². The molecule has 0 saturated carbocycles. The van der Waals surface area contributed by atoms with Gasteiger partial charge in [0.05, 0.1) is 5.71 Å². The first kappa shape index (κ1) is 18.9. The van der Waals surface area contributed by atoms with Gasteiger partial charge in [0.2, 0.25) is 0 Å². The van der Waals surface area contributed by atoms with Crippen LogP contribution in [-0.2, 0) is 24.7 Å². The standard InChI is InChI=1S/C21H25N3O3/c1-5-17-13(2)24(4)19-8-6-7-18(20(17)19)23-27-21(26)22-16-11-9-15(10-12-16)14(3)25/h9-12H,5-8H2,1-4H3,(H,22,26)/b23-18+. The molecule has 142 valence electrons. The van der Waals surface area contributed by atoms with Gasteiger partial charge in [0.1, 0.15) is 0 Å². The molecule has 0 unspecified atom stereocenters. The summed E-state index contributed by atoms with van der Waals surface area (Å²) in [5, 5.41) is 6.80. The van der Waals surface area contributed by atoms with Crippen molar-refractivity contribution in [3.63, 3.8) is 0 Å². The highest BCUT2D eigenvalue weighted by molar-refractivity contribution is 6.04. The molecule has 1 heterocycles. The van der Waals surface area contributed by atoms with Crippen LogP contribution in [0.1, 0.15) is 59.6 Å². The van der Waals surface area contributed by atoms with Crippen LogP contribution < -0.4 is 5.32 Å². The number of carbonyl (C=O) groups is 2. The minimum Gasteiger partial charge on any atom is -0.351 e. The lowest BCUT2D eigenvalue weighted by molar-refractivity contribution is 0.101. The van der Waals surface area contributed by atoms with E-state index in [1.54, 1.807) is 24.3 Å². The summed E-state index contributed by atoms with van der Waals surface area (Å²) in [6.45, 7) is 5.75. The second kappa shape index (κ2) is 7.78. The van der Waals surface area contributed by atoms with Gasteiger partial charge in [-0.05, 0) is 69.4 Å². The number of benzene rings is 1. The maximum atomic E-state index is 12.1. The normalized spacial score (nSPS) is 14.7. The first-order valence-electron chi connectivity index (χ1n) is 9.25. The van der Waals surface area contributed by atoms with Crippen LogP contribution in [0, 0.1) is 6.92 Å². The van der Waals surface area contributed by atoms with Crippen molar-refractivity contribution in [2.45, 2.75) is 46.5 Å². The number of amides is 1. The second-order valence-corrected chi connectivity index (χ2v) is 6.83. The number of ketones is 1. The fourth-order valence-corrected chi connectivity index (χ4v) is 3.66. The number of hydrogen-bond acceptors (Lipinski definition) is 4. The molecule has 0 spiro atoms. The van der Waals surface area contributed by atoms with Crippen molar-refractivity contribution in [1.82, 2.24) is 4.57 Å². The van der Waals surface area contributed by atoms with Crippen molar-refractivity contribution in [1.29, 1.82) is 0 Å². The zero-order chi connectivity index (χ0) is 19.6. The molecular weight excluding hydrogens is 342 g/mol. The average molecular weight is 367 g/mol. The molecule has 1 aliphatic carbocycles. The number of rotatable bonds is 4. The van der Waals surface area contributed by atoms with Crippen molar-refractivity contribution in [2.75, 3.05) is 5.32 Å². The SMILES string of the molecule is CCc1c2c(n(C)c1C)CCC/C2=N\OC(=O)Nc1ccc(C(C)=O)cc1. The molecule has 0 bridgehead atoms. The molecule has 0 radical (unpaired) electrons. The van der Waals surface area contributed by atoms with Crippen molar-refractivity contribution in [3.05, 3.63) is 52.3 Å². The quantitative estimate of drug-likeness (QED) is 0.495. The molecule has 1 N–H and O–H groups in total. The van der Waals surface area contributed by atoms with E-state index in [0.717, 1.165) is 37.0 Å². The van der Waals surface area contributed by atoms with Gasteiger partial charge in [0.25, 0.3) is 0 Å². The van der Waals surface area contributed by atoms with Gasteiger partial charge < -0.3 is 4.57 Å². The maximum Gasteiger partial charge on any atom is 0.437 e. The Balaban J connectivity index is 1.74. The van der Waals surface area contributed by atoms with Gasteiger partial charge in [-0.2, -0.15) is 0 Å². The monoisotopic (exact) mass is 367 g/mol. The number of fused-ring (bicyclic) bond motifs is 1. The van der Waals surface area contributed by atoms with Crippen molar-refractivity contribution in [2.24, 2.45) is 12.2 Å². The molecule has 0 atom stereocenters. The zero-order valence-electron chi connectivity index (χ0n) is 16.3. The van der Waals surface area contributed by atoms with Crippen LogP contribution >= 0.6 is 0 Å². The van der Waals surface area contributed by atoms with Gasteiger partial charge in [0, 0.05) is 35.2 Å². The molecule has 27 heavy (non-hydrogen) atoms. The second-order valence-electron chi connectivity index (χ2n) is 6.83. The molecule has 2 aromatic rings. The third-order valence-electron chi connectivity index (χ3n) is 5.18. The molecule has 0 fully saturated rings. The summed E-state index contributed by atoms with van der Waals surface area (Å²) in [5.74, 6) is -0.0199. The number of carbonyl (C=O) groups excluding carboxylic acids is 2. The topological polar surface area (TPSA) is 72.7 Å². The molecule has 1 aromatic carbocycles. The van der Waals surface area contributed by atoms with Crippen LogP contribution in [-0.4, -0.2) is 22.2 Å². The van der Waals surface area contributed by atoms with E-state index >= 15 is 0 Å². The highest BCUT2D eigenvalue weighted by Gasteiger charge is 2.25. The summed E-state index contributed by atoms with van der Waals surface area (Å²) in [4.78, 5) is 28.5. The lowest BCUT2D eigenvalue weighted by Crippen LogP contribution is -2.17. The molecule has 6 nitrogen and oxygen atoms in total. The van der Waals surface area contributed by atoms with E-state index in [4.69, 9.17) is 4.84 Å². The van der Waals surface area contributed by atoms with Gasteiger partial charge >= 0.3 is 6.09 Å². The Bertz CT molecular complexity index is 888. The zero-order valence-corrected chi connectivity index (χ0v) is 16.3. The van der Waals surface area contributed by atoms with Crippen molar-refractivity contribution in [3.8, 4) is 0 Å². The van der Waals surface area contributed by atoms with Gasteiger partial charge in [-0.3, -0.25) is 14.9 Å². The Hall–Kier alpha value is -2.89. The first-order valence-corrected chi connectivity index (χ1v) is 9.25. The summed E-state index contributed by atoms with van der Waals surface area (Å²) in [5.41, 5.74) is 6.90. The number of Topliss-reactive ketones (excluding diaryl/α,β-unsaturated/α-hetero) is 1. The van der Waals surface area contributed by atoms with Gasteiger partial charge in [-0.1, -0.05) is 12.1 Å². The molecule has 0 aliphatic heterocycles. The summed E-state index contributed by atoms with van der Waals surface area (Å²) in [7, 11) is 2.08. The lowest BCUT2D eigenvalue weighted by atomic mass is 9.91. The van der Waals surface area contributed by atoms with Crippen LogP contribution in [0.25, 0.3) is 0 Å². The molecule has 1 amide bonds. The fourth-order valence-electron chi connectivity index (χ4n) is 3.66. The summed E-state index contributed by atoms with van der Waals surface area (Å²) < 4.78 is 2.22. The van der Waals surface area contributed by atoms with Crippen LogP contribution in [0.15, 0.2) is 29.4 Å². The number of aromatic nitrogens is 1. The molecule has 1 aliphatic rings. The summed E-state index contributed by atoms with van der Waals surface area (Å²) >= 11 is 0. The largest absolute Gasteiger partial charge is 0.437 e. The fraction of sp³-hybridized carbons (Fsp3) is 0.381. The highest BCUT2D eigenvalue weighted by Crippen LogP contribution is 2.30. The van der Waals surface area contributed by atoms with E-state index < -0.39 is 6.09 Å². The first-order chi connectivity index (χ1) is 12.9. The van der Waals surface area contributed by atoms with E-state index in [1.807, 2.05) is 0 Å². The Morgan fingerprint density at radius 2 is 1.93 bits per heavy atom. The third-order valence-corrected chi connectivity index (χ3v) is 5.18. The van der Waals surface area contributed by atoms with Crippen LogP contribution in [0.5, 0.6) is 0 Å². The molecular formula is C21H25N3O3. The lowest BCUT2D eigenvalue weighted by Gasteiger charge is -2.16. The third kappa shape index (κ3) is 3.79. The van der Waals surface area contributed by atoms with Crippen molar-refractivity contribution < 1.29 is 14.4 Å². The van der Waals surface area contributed by atoms with Gasteiger partial charge in [0.15, 0.2) is 5.78 Å². The smallest absolute Gasteiger partial charge is 0.351 e. The van der Waals surface area contributed by atoms with Crippen molar-refractivity contribution >= 4 is 23.3 Å². The number of oxime groups is 1. The van der Waals surface area contributed by atoms with E-state index in [1.165, 1.54) is 23.9 Å². The minimum absolute atomic E-state index is 0.0199. The minimum atomic E-state index is -0.643. The highest BCUT2D eigenvalue weighted by atomic mass is 16.7. The van der Waals surface area contributed by atoms with Crippen LogP contribution in [0.4, 0.5) is 10.5 Å². The maximum absolute atomic E-state index is 12.1. The molecule has 0 saturated heterocycles. The van der Waals surface area contributed by atoms with Gasteiger partial charge in [-0.15, -0.1) is 0 Å². The van der Waals surface area contributed by atoms with E-state index in [2.05, 4.69) is 35.9 Å². The molecule has 3 rings (SSSR count). The van der Waals surface area contributed by atoms with Gasteiger partial charge in [-0.25, -0.2) is 4.79 Å². The number of hydrogen-bond donors (Lipinski definition) is 1. The van der Waals surface area contributed by atoms with E-state index in [0.29, 0.717) is 11.3 Å². The summed E-state index contributed by atoms with van der Waals surface area (Å²) in [6, 6.07) is 6.66. The Morgan fingerprint density at radius 1 is 1.22 bits per heavy atom. The predicted molar refractivity (Wildman–Crippen MR) is 106 cm³/mol. The van der Waals surface area contributed by atoms with Crippen LogP contribution in [0.3, 0.4) is 0 Å². The number of anilines is 1. The Labute approximate surface area is 159 Å². The van der Waals surface area contributed by atoms with E-state index in [9.17, 15) is 9.59 Å². The number of nitrogens with zero attached hydrogens (tertiary/aromatic N) is 2. The van der Waals surface area contributed by atoms with Crippen LogP contribution in [0.2, 0.25) is 0 Å². The molecule has 6 heteroatoms. The Kier molecular flexibility index (Phi) is 5.44.